The number of thiazole rings is 1. The molecule has 2 heterocycles. The van der Waals surface area contributed by atoms with Crippen molar-refractivity contribution >= 4 is 23.1 Å². The zero-order valence-electron chi connectivity index (χ0n) is 17.5. The third-order valence-corrected chi connectivity index (χ3v) is 6.73. The minimum atomic E-state index is -0.188. The van der Waals surface area contributed by atoms with E-state index in [1.807, 2.05) is 42.8 Å². The van der Waals surface area contributed by atoms with E-state index in [0.29, 0.717) is 0 Å². The molecule has 0 radical (unpaired) electrons. The van der Waals surface area contributed by atoms with Crippen molar-refractivity contribution in [2.45, 2.75) is 37.8 Å². The molecule has 0 saturated carbocycles. The Kier molecular flexibility index (Phi) is 6.20. The Morgan fingerprint density at radius 3 is 2.63 bits per heavy atom. The molecule has 0 amide bonds. The van der Waals surface area contributed by atoms with E-state index in [9.17, 15) is 0 Å². The summed E-state index contributed by atoms with van der Waals surface area (Å²) in [6, 6.07) is 16.5. The van der Waals surface area contributed by atoms with Crippen molar-refractivity contribution in [3.8, 4) is 16.3 Å². The van der Waals surface area contributed by atoms with Crippen molar-refractivity contribution < 1.29 is 4.74 Å². The van der Waals surface area contributed by atoms with Crippen LogP contribution >= 0.6 is 23.1 Å². The lowest BCUT2D eigenvalue weighted by Crippen LogP contribution is -2.10. The molecular weight excluding hydrogens is 412 g/mol. The van der Waals surface area contributed by atoms with E-state index in [0.717, 1.165) is 33.2 Å². The van der Waals surface area contributed by atoms with Crippen LogP contribution in [0.3, 0.4) is 0 Å². The molecule has 1 unspecified atom stereocenters. The lowest BCUT2D eigenvalue weighted by molar-refractivity contribution is 0.211. The largest absolute Gasteiger partial charge is 0.483 e. The fourth-order valence-corrected chi connectivity index (χ4v) is 4.83. The maximum Gasteiger partial charge on any atom is 0.191 e. The summed E-state index contributed by atoms with van der Waals surface area (Å²) in [6.45, 7) is 6.15. The standard InChI is InChI=1S/C23H24N4OS2/c1-15-8-10-20(11-9-15)28-17(3)21-25-26-23(27(21)4)30-14-19-13-29-22(24-19)18-7-5-6-16(2)12-18/h5-13,17H,14H2,1-4H3. The second-order valence-corrected chi connectivity index (χ2v) is 9.08. The van der Waals surface area contributed by atoms with Gasteiger partial charge in [0.15, 0.2) is 17.1 Å². The monoisotopic (exact) mass is 436 g/mol. The van der Waals surface area contributed by atoms with Crippen molar-refractivity contribution in [1.82, 2.24) is 19.7 Å². The van der Waals surface area contributed by atoms with E-state index in [4.69, 9.17) is 9.72 Å². The van der Waals surface area contributed by atoms with Crippen LogP contribution in [0, 0.1) is 13.8 Å². The quantitative estimate of drug-likeness (QED) is 0.333. The summed E-state index contributed by atoms with van der Waals surface area (Å²) in [4.78, 5) is 4.79. The lowest BCUT2D eigenvalue weighted by atomic mass is 10.1. The van der Waals surface area contributed by atoms with Crippen LogP contribution in [0.5, 0.6) is 5.75 Å². The van der Waals surface area contributed by atoms with Crippen molar-refractivity contribution in [2.24, 2.45) is 7.05 Å². The van der Waals surface area contributed by atoms with Crippen LogP contribution < -0.4 is 4.74 Å². The zero-order valence-corrected chi connectivity index (χ0v) is 19.1. The second-order valence-electron chi connectivity index (χ2n) is 7.28. The molecule has 5 nitrogen and oxygen atoms in total. The highest BCUT2D eigenvalue weighted by Gasteiger charge is 2.18. The van der Waals surface area contributed by atoms with Crippen LogP contribution in [0.1, 0.15) is 35.7 Å². The number of hydrogen-bond donors (Lipinski definition) is 0. The van der Waals surface area contributed by atoms with Gasteiger partial charge in [0.25, 0.3) is 0 Å². The van der Waals surface area contributed by atoms with Gasteiger partial charge in [0.05, 0.1) is 5.69 Å². The molecule has 0 aliphatic carbocycles. The molecule has 7 heteroatoms. The van der Waals surface area contributed by atoms with E-state index in [1.165, 1.54) is 16.7 Å². The van der Waals surface area contributed by atoms with Crippen molar-refractivity contribution in [3.63, 3.8) is 0 Å². The predicted octanol–water partition coefficient (Wildman–Crippen LogP) is 5.99. The Bertz CT molecular complexity index is 1130. The van der Waals surface area contributed by atoms with E-state index in [1.54, 1.807) is 23.1 Å². The molecule has 0 spiro atoms. The molecular formula is C23H24N4OS2. The smallest absolute Gasteiger partial charge is 0.191 e. The van der Waals surface area contributed by atoms with E-state index < -0.39 is 0 Å². The van der Waals surface area contributed by atoms with Gasteiger partial charge >= 0.3 is 0 Å². The van der Waals surface area contributed by atoms with Gasteiger partial charge in [0, 0.05) is 23.7 Å². The molecule has 154 valence electrons. The Morgan fingerprint density at radius 2 is 1.87 bits per heavy atom. The molecule has 2 aromatic heterocycles. The van der Waals surface area contributed by atoms with Crippen molar-refractivity contribution in [2.75, 3.05) is 0 Å². The zero-order chi connectivity index (χ0) is 21.1. The summed E-state index contributed by atoms with van der Waals surface area (Å²) < 4.78 is 8.03. The van der Waals surface area contributed by atoms with Crippen LogP contribution in [-0.4, -0.2) is 19.7 Å². The van der Waals surface area contributed by atoms with Gasteiger partial charge in [-0.3, -0.25) is 0 Å². The lowest BCUT2D eigenvalue weighted by Gasteiger charge is -2.14. The van der Waals surface area contributed by atoms with Crippen LogP contribution in [0.15, 0.2) is 59.1 Å². The van der Waals surface area contributed by atoms with Crippen LogP contribution in [-0.2, 0) is 12.8 Å². The van der Waals surface area contributed by atoms with Crippen LogP contribution in [0.4, 0.5) is 0 Å². The first-order chi connectivity index (χ1) is 14.5. The van der Waals surface area contributed by atoms with Crippen molar-refractivity contribution in [3.05, 3.63) is 76.6 Å². The number of aryl methyl sites for hydroxylation is 2. The molecule has 4 rings (SSSR count). The fourth-order valence-electron chi connectivity index (χ4n) is 3.10. The maximum absolute atomic E-state index is 6.03. The molecule has 0 bridgehead atoms. The number of nitrogens with zero attached hydrogens (tertiary/aromatic N) is 4. The van der Waals surface area contributed by atoms with Gasteiger partial charge in [0.2, 0.25) is 0 Å². The number of benzene rings is 2. The summed E-state index contributed by atoms with van der Waals surface area (Å²) in [7, 11) is 1.98. The van der Waals surface area contributed by atoms with Gasteiger partial charge in [-0.2, -0.15) is 0 Å². The van der Waals surface area contributed by atoms with Crippen molar-refractivity contribution in [1.29, 1.82) is 0 Å². The van der Waals surface area contributed by atoms with Gasteiger partial charge < -0.3 is 9.30 Å². The molecule has 0 aliphatic heterocycles. The third-order valence-electron chi connectivity index (χ3n) is 4.73. The molecule has 0 N–H and O–H groups in total. The Balaban J connectivity index is 1.40. The molecule has 2 aromatic carbocycles. The molecule has 1 atom stereocenters. The number of aromatic nitrogens is 4. The highest BCUT2D eigenvalue weighted by atomic mass is 32.2. The topological polar surface area (TPSA) is 52.8 Å². The number of thioether (sulfide) groups is 1. The van der Waals surface area contributed by atoms with E-state index in [-0.39, 0.29) is 6.10 Å². The molecule has 4 aromatic rings. The van der Waals surface area contributed by atoms with E-state index >= 15 is 0 Å². The maximum atomic E-state index is 6.03. The van der Waals surface area contributed by atoms with Crippen LogP contribution in [0.2, 0.25) is 0 Å². The van der Waals surface area contributed by atoms with Crippen LogP contribution in [0.25, 0.3) is 10.6 Å². The Morgan fingerprint density at radius 1 is 1.07 bits per heavy atom. The SMILES string of the molecule is Cc1ccc(OC(C)c2nnc(SCc3csc(-c4cccc(C)c4)n3)n2C)cc1. The first-order valence-electron chi connectivity index (χ1n) is 9.76. The third kappa shape index (κ3) is 4.74. The highest BCUT2D eigenvalue weighted by Crippen LogP contribution is 2.29. The number of hydrogen-bond acceptors (Lipinski definition) is 6. The summed E-state index contributed by atoms with van der Waals surface area (Å²) in [5.74, 6) is 2.38. The normalized spacial score (nSPS) is 12.1. The summed E-state index contributed by atoms with van der Waals surface area (Å²) in [5, 5.41) is 12.7. The molecule has 30 heavy (non-hydrogen) atoms. The summed E-state index contributed by atoms with van der Waals surface area (Å²) in [6.07, 6.45) is -0.188. The minimum Gasteiger partial charge on any atom is -0.483 e. The second kappa shape index (κ2) is 9.02. The van der Waals surface area contributed by atoms with Gasteiger partial charge in [-0.1, -0.05) is 53.2 Å². The van der Waals surface area contributed by atoms with Gasteiger partial charge in [-0.25, -0.2) is 4.98 Å². The number of rotatable bonds is 7. The average molecular weight is 437 g/mol. The number of ether oxygens (including phenoxy) is 1. The van der Waals surface area contributed by atoms with Gasteiger partial charge in [0.1, 0.15) is 10.8 Å². The Labute approximate surface area is 185 Å². The predicted molar refractivity (Wildman–Crippen MR) is 123 cm³/mol. The molecule has 0 aliphatic rings. The molecule has 0 saturated heterocycles. The Hall–Kier alpha value is -2.64. The first-order valence-corrected chi connectivity index (χ1v) is 11.6. The van der Waals surface area contributed by atoms with E-state index in [2.05, 4.69) is 53.7 Å². The fraction of sp³-hybridized carbons (Fsp3) is 0.261. The first kappa shape index (κ1) is 20.6. The average Bonchev–Trinajstić information content (AvgIpc) is 3.35. The minimum absolute atomic E-state index is 0.188. The van der Waals surface area contributed by atoms with Gasteiger partial charge in [-0.05, 0) is 39.0 Å². The molecule has 0 fully saturated rings. The highest BCUT2D eigenvalue weighted by molar-refractivity contribution is 7.98. The summed E-state index contributed by atoms with van der Waals surface area (Å²) >= 11 is 3.31. The van der Waals surface area contributed by atoms with Gasteiger partial charge in [-0.15, -0.1) is 21.5 Å². The summed E-state index contributed by atoms with van der Waals surface area (Å²) in [5.41, 5.74) is 4.67.